The molecule has 1 heterocycles. The van der Waals surface area contributed by atoms with Crippen LogP contribution in [0.15, 0.2) is 24.3 Å². The lowest BCUT2D eigenvalue weighted by molar-refractivity contribution is -0.137. The summed E-state index contributed by atoms with van der Waals surface area (Å²) in [7, 11) is 0. The number of aryl methyl sites for hydroxylation is 1. The zero-order valence-electron chi connectivity index (χ0n) is 14.8. The maximum absolute atomic E-state index is 12.8. The van der Waals surface area contributed by atoms with Crippen LogP contribution in [-0.2, 0) is 16.1 Å². The highest BCUT2D eigenvalue weighted by atomic mass is 16.2. The molecular weight excluding hydrogens is 318 g/mol. The van der Waals surface area contributed by atoms with Crippen LogP contribution in [0.3, 0.4) is 0 Å². The van der Waals surface area contributed by atoms with Gasteiger partial charge < -0.3 is 10.6 Å². The Morgan fingerprint density at radius 3 is 2.80 bits per heavy atom. The van der Waals surface area contributed by atoms with E-state index in [9.17, 15) is 14.4 Å². The minimum Gasteiger partial charge on any atom is -0.350 e. The Morgan fingerprint density at radius 1 is 1.32 bits per heavy atom. The predicted molar refractivity (Wildman–Crippen MR) is 93.6 cm³/mol. The monoisotopic (exact) mass is 343 g/mol. The van der Waals surface area contributed by atoms with E-state index < -0.39 is 11.6 Å². The number of imide groups is 1. The molecule has 1 aliphatic heterocycles. The standard InChI is InChI=1S/C19H25N3O3/c1-13-7-3-4-9-15(13)11-20-16(23)12-22-17(24)19(21-18(22)25)10-6-5-8-14(19)2/h3-4,7,9,14H,5-6,8,10-12H2,1-2H3,(H,20,23)(H,21,25)/t14-,19+/m1/s1. The van der Waals surface area contributed by atoms with Crippen molar-refractivity contribution >= 4 is 17.8 Å². The van der Waals surface area contributed by atoms with Crippen LogP contribution >= 0.6 is 0 Å². The number of nitrogens with zero attached hydrogens (tertiary/aromatic N) is 1. The Morgan fingerprint density at radius 2 is 2.08 bits per heavy atom. The maximum Gasteiger partial charge on any atom is 0.325 e. The molecule has 6 nitrogen and oxygen atoms in total. The van der Waals surface area contributed by atoms with Gasteiger partial charge in [-0.3, -0.25) is 14.5 Å². The fraction of sp³-hybridized carbons (Fsp3) is 0.526. The summed E-state index contributed by atoms with van der Waals surface area (Å²) < 4.78 is 0. The third-order valence-electron chi connectivity index (χ3n) is 5.54. The lowest BCUT2D eigenvalue weighted by Crippen LogP contribution is -2.54. The van der Waals surface area contributed by atoms with E-state index in [1.54, 1.807) is 0 Å². The van der Waals surface area contributed by atoms with E-state index in [0.29, 0.717) is 13.0 Å². The summed E-state index contributed by atoms with van der Waals surface area (Å²) in [4.78, 5) is 38.4. The van der Waals surface area contributed by atoms with Crippen LogP contribution in [0, 0.1) is 12.8 Å². The van der Waals surface area contributed by atoms with Crippen molar-refractivity contribution in [3.05, 3.63) is 35.4 Å². The molecule has 1 saturated heterocycles. The van der Waals surface area contributed by atoms with Gasteiger partial charge in [-0.2, -0.15) is 0 Å². The molecule has 2 aliphatic rings. The van der Waals surface area contributed by atoms with Crippen molar-refractivity contribution in [2.45, 2.75) is 51.6 Å². The lowest BCUT2D eigenvalue weighted by Gasteiger charge is -2.36. The first kappa shape index (κ1) is 17.5. The quantitative estimate of drug-likeness (QED) is 0.822. The van der Waals surface area contributed by atoms with Crippen molar-refractivity contribution < 1.29 is 14.4 Å². The summed E-state index contributed by atoms with van der Waals surface area (Å²) in [5.74, 6) is -0.485. The van der Waals surface area contributed by atoms with Crippen LogP contribution in [0.25, 0.3) is 0 Å². The second-order valence-electron chi connectivity index (χ2n) is 7.14. The molecule has 2 N–H and O–H groups in total. The minimum absolute atomic E-state index is 0.0951. The van der Waals surface area contributed by atoms with E-state index in [4.69, 9.17) is 0 Å². The molecule has 1 aliphatic carbocycles. The maximum atomic E-state index is 12.8. The lowest BCUT2D eigenvalue weighted by atomic mass is 9.73. The van der Waals surface area contributed by atoms with Crippen LogP contribution in [0.4, 0.5) is 4.79 Å². The van der Waals surface area contributed by atoms with Crippen molar-refractivity contribution in [1.29, 1.82) is 0 Å². The van der Waals surface area contributed by atoms with Crippen molar-refractivity contribution in [2.75, 3.05) is 6.54 Å². The number of nitrogens with one attached hydrogen (secondary N) is 2. The number of hydrogen-bond donors (Lipinski definition) is 2. The fourth-order valence-corrected chi connectivity index (χ4v) is 3.84. The molecule has 6 heteroatoms. The number of benzene rings is 1. The highest BCUT2D eigenvalue weighted by Gasteiger charge is 2.55. The summed E-state index contributed by atoms with van der Waals surface area (Å²) in [6.07, 6.45) is 3.56. The molecule has 2 atom stereocenters. The fourth-order valence-electron chi connectivity index (χ4n) is 3.84. The largest absolute Gasteiger partial charge is 0.350 e. The molecule has 25 heavy (non-hydrogen) atoms. The number of rotatable bonds is 4. The van der Waals surface area contributed by atoms with Gasteiger partial charge in [0.15, 0.2) is 0 Å². The first-order valence-electron chi connectivity index (χ1n) is 8.89. The van der Waals surface area contributed by atoms with Crippen LogP contribution in [0.5, 0.6) is 0 Å². The number of carbonyl (C=O) groups is 3. The van der Waals surface area contributed by atoms with Gasteiger partial charge in [0.25, 0.3) is 5.91 Å². The molecule has 1 saturated carbocycles. The van der Waals surface area contributed by atoms with Gasteiger partial charge in [-0.05, 0) is 36.8 Å². The number of hydrogen-bond acceptors (Lipinski definition) is 3. The first-order valence-corrected chi connectivity index (χ1v) is 8.89. The molecule has 1 aromatic rings. The summed E-state index contributed by atoms with van der Waals surface area (Å²) >= 11 is 0. The van der Waals surface area contributed by atoms with Crippen molar-refractivity contribution in [1.82, 2.24) is 15.5 Å². The molecule has 0 bridgehead atoms. The number of amides is 4. The van der Waals surface area contributed by atoms with Gasteiger partial charge in [0.1, 0.15) is 12.1 Å². The van der Waals surface area contributed by atoms with Gasteiger partial charge in [0, 0.05) is 6.54 Å². The summed E-state index contributed by atoms with van der Waals surface area (Å²) in [6, 6.07) is 7.33. The normalized spacial score (nSPS) is 26.0. The topological polar surface area (TPSA) is 78.5 Å². The van der Waals surface area contributed by atoms with E-state index in [0.717, 1.165) is 35.3 Å². The Hall–Kier alpha value is -2.37. The number of urea groups is 1. The Kier molecular flexibility index (Phi) is 4.79. The molecule has 0 unspecified atom stereocenters. The molecular formula is C19H25N3O3. The van der Waals surface area contributed by atoms with Gasteiger partial charge in [0.2, 0.25) is 5.91 Å². The molecule has 0 aromatic heterocycles. The molecule has 134 valence electrons. The van der Waals surface area contributed by atoms with E-state index in [2.05, 4.69) is 10.6 Å². The zero-order chi connectivity index (χ0) is 18.0. The first-order chi connectivity index (χ1) is 11.9. The minimum atomic E-state index is -0.814. The zero-order valence-corrected chi connectivity index (χ0v) is 14.8. The smallest absolute Gasteiger partial charge is 0.325 e. The summed E-state index contributed by atoms with van der Waals surface area (Å²) in [5, 5.41) is 5.66. The highest BCUT2D eigenvalue weighted by molar-refractivity contribution is 6.09. The second kappa shape index (κ2) is 6.86. The molecule has 3 rings (SSSR count). The van der Waals surface area contributed by atoms with Gasteiger partial charge >= 0.3 is 6.03 Å². The number of carbonyl (C=O) groups excluding carboxylic acids is 3. The molecule has 2 fully saturated rings. The second-order valence-corrected chi connectivity index (χ2v) is 7.14. The SMILES string of the molecule is Cc1ccccc1CNC(=O)CN1C(=O)N[C@]2(CCCC[C@H]2C)C1=O. The predicted octanol–water partition coefficient (Wildman–Crippen LogP) is 2.11. The van der Waals surface area contributed by atoms with Crippen LogP contribution in [-0.4, -0.2) is 34.8 Å². The van der Waals surface area contributed by atoms with Gasteiger partial charge in [0.05, 0.1) is 0 Å². The molecule has 1 spiro atoms. The van der Waals surface area contributed by atoms with Crippen molar-refractivity contribution in [3.8, 4) is 0 Å². The van der Waals surface area contributed by atoms with E-state index >= 15 is 0 Å². The Bertz CT molecular complexity index is 703. The van der Waals surface area contributed by atoms with E-state index in [-0.39, 0.29) is 24.3 Å². The third kappa shape index (κ3) is 3.25. The third-order valence-corrected chi connectivity index (χ3v) is 5.54. The van der Waals surface area contributed by atoms with Crippen LogP contribution in [0.2, 0.25) is 0 Å². The van der Waals surface area contributed by atoms with Crippen LogP contribution in [0.1, 0.15) is 43.7 Å². The van der Waals surface area contributed by atoms with Gasteiger partial charge in [-0.1, -0.05) is 44.0 Å². The molecule has 0 radical (unpaired) electrons. The van der Waals surface area contributed by atoms with E-state index in [1.807, 2.05) is 38.1 Å². The summed E-state index contributed by atoms with van der Waals surface area (Å²) in [6.45, 7) is 4.13. The van der Waals surface area contributed by atoms with Crippen molar-refractivity contribution in [2.24, 2.45) is 5.92 Å². The molecule has 4 amide bonds. The van der Waals surface area contributed by atoms with Crippen LogP contribution < -0.4 is 10.6 Å². The van der Waals surface area contributed by atoms with E-state index in [1.165, 1.54) is 0 Å². The Balaban J connectivity index is 1.62. The average Bonchev–Trinajstić information content (AvgIpc) is 2.82. The van der Waals surface area contributed by atoms with Gasteiger partial charge in [-0.25, -0.2) is 4.79 Å². The highest BCUT2D eigenvalue weighted by Crippen LogP contribution is 2.38. The summed E-state index contributed by atoms with van der Waals surface area (Å²) in [5.41, 5.74) is 1.30. The van der Waals surface area contributed by atoms with Crippen molar-refractivity contribution in [3.63, 3.8) is 0 Å². The van der Waals surface area contributed by atoms with Gasteiger partial charge in [-0.15, -0.1) is 0 Å². The Labute approximate surface area is 148 Å². The average molecular weight is 343 g/mol. The molecule has 1 aromatic carbocycles.